The smallest absolute Gasteiger partial charge is 0.457 e. The zero-order valence-corrected chi connectivity index (χ0v) is 27.9. The minimum absolute atomic E-state index is 0.0562. The topological polar surface area (TPSA) is 132 Å². The van der Waals surface area contributed by atoms with Crippen LogP contribution in [0.25, 0.3) is 0 Å². The zero-order chi connectivity index (χ0) is 31.2. The van der Waals surface area contributed by atoms with Gasteiger partial charge in [-0.3, -0.25) is 13.8 Å². The molecule has 0 saturated carbocycles. The Kier molecular flexibility index (Phi) is 30.1. The SMILES string of the molecule is CCCCCCCCCCCCCC(=O)OC(COCCCCCCCCCCCC)COP(=O)(O)OCC(O)CO. The summed E-state index contributed by atoms with van der Waals surface area (Å²) < 4.78 is 33.0. The second-order valence-electron chi connectivity index (χ2n) is 11.6. The number of phosphoric ester groups is 1. The monoisotopic (exact) mass is 624 g/mol. The molecule has 10 heteroatoms. The highest BCUT2D eigenvalue weighted by atomic mass is 31.2. The molecule has 42 heavy (non-hydrogen) atoms. The number of phosphoric acid groups is 1. The molecule has 3 atom stereocenters. The number of carbonyl (C=O) groups excluding carboxylic acids is 1. The molecule has 3 unspecified atom stereocenters. The fraction of sp³-hybridized carbons (Fsp3) is 0.969. The lowest BCUT2D eigenvalue weighted by Crippen LogP contribution is -2.29. The largest absolute Gasteiger partial charge is 0.472 e. The summed E-state index contributed by atoms with van der Waals surface area (Å²) in [4.78, 5) is 22.3. The van der Waals surface area contributed by atoms with E-state index in [0.29, 0.717) is 6.61 Å². The minimum Gasteiger partial charge on any atom is -0.457 e. The Balaban J connectivity index is 4.27. The number of aliphatic hydroxyl groups excluding tert-OH is 2. The summed E-state index contributed by atoms with van der Waals surface area (Å²) in [6.07, 6.45) is 23.4. The number of rotatable bonds is 33. The van der Waals surface area contributed by atoms with Crippen LogP contribution >= 0.6 is 7.82 Å². The molecule has 3 N–H and O–H groups in total. The minimum atomic E-state index is -4.49. The van der Waals surface area contributed by atoms with E-state index in [-0.39, 0.29) is 25.6 Å². The molecule has 0 aromatic rings. The number of hydrogen-bond acceptors (Lipinski definition) is 8. The number of ether oxygens (including phenoxy) is 2. The predicted octanol–water partition coefficient (Wildman–Crippen LogP) is 8.02. The van der Waals surface area contributed by atoms with Crippen molar-refractivity contribution in [3.05, 3.63) is 0 Å². The summed E-state index contributed by atoms with van der Waals surface area (Å²) in [6.45, 7) is 3.50. The van der Waals surface area contributed by atoms with Crippen LogP contribution in [0.5, 0.6) is 0 Å². The molecule has 0 saturated heterocycles. The van der Waals surface area contributed by atoms with Crippen molar-refractivity contribution in [2.45, 2.75) is 167 Å². The first-order valence-electron chi connectivity index (χ1n) is 17.0. The van der Waals surface area contributed by atoms with Crippen molar-refractivity contribution in [1.82, 2.24) is 0 Å². The average Bonchev–Trinajstić information content (AvgIpc) is 2.97. The van der Waals surface area contributed by atoms with Gasteiger partial charge < -0.3 is 24.6 Å². The van der Waals surface area contributed by atoms with Crippen LogP contribution in [0.15, 0.2) is 0 Å². The zero-order valence-electron chi connectivity index (χ0n) is 27.0. The van der Waals surface area contributed by atoms with Gasteiger partial charge in [0, 0.05) is 13.0 Å². The van der Waals surface area contributed by atoms with Crippen LogP contribution in [0.1, 0.15) is 155 Å². The van der Waals surface area contributed by atoms with Gasteiger partial charge in [-0.15, -0.1) is 0 Å². The Labute approximate surface area is 257 Å². The van der Waals surface area contributed by atoms with E-state index in [4.69, 9.17) is 23.6 Å². The molecule has 0 fully saturated rings. The summed E-state index contributed by atoms with van der Waals surface area (Å²) >= 11 is 0. The van der Waals surface area contributed by atoms with Gasteiger partial charge in [-0.05, 0) is 12.8 Å². The maximum Gasteiger partial charge on any atom is 0.472 e. The van der Waals surface area contributed by atoms with Crippen molar-refractivity contribution >= 4 is 13.8 Å². The predicted molar refractivity (Wildman–Crippen MR) is 168 cm³/mol. The van der Waals surface area contributed by atoms with Gasteiger partial charge >= 0.3 is 13.8 Å². The summed E-state index contributed by atoms with van der Waals surface area (Å²) in [6, 6.07) is 0. The number of carbonyl (C=O) groups is 1. The van der Waals surface area contributed by atoms with E-state index < -0.39 is 33.2 Å². The van der Waals surface area contributed by atoms with E-state index in [1.54, 1.807) is 0 Å². The lowest BCUT2D eigenvalue weighted by Gasteiger charge is -2.20. The van der Waals surface area contributed by atoms with Crippen LogP contribution in [0, 0.1) is 0 Å². The first kappa shape index (κ1) is 41.5. The van der Waals surface area contributed by atoms with Gasteiger partial charge in [0.1, 0.15) is 12.2 Å². The second-order valence-corrected chi connectivity index (χ2v) is 13.0. The van der Waals surface area contributed by atoms with E-state index in [1.807, 2.05) is 0 Å². The van der Waals surface area contributed by atoms with Crippen LogP contribution in [-0.2, 0) is 27.9 Å². The van der Waals surface area contributed by atoms with Gasteiger partial charge in [-0.25, -0.2) is 4.57 Å². The van der Waals surface area contributed by atoms with E-state index in [0.717, 1.165) is 32.1 Å². The third-order valence-corrected chi connectivity index (χ3v) is 8.24. The third kappa shape index (κ3) is 29.5. The van der Waals surface area contributed by atoms with Crippen LogP contribution in [0.2, 0.25) is 0 Å². The Morgan fingerprint density at radius 2 is 1.07 bits per heavy atom. The summed E-state index contributed by atoms with van der Waals surface area (Å²) in [5.74, 6) is -0.383. The van der Waals surface area contributed by atoms with Gasteiger partial charge in [0.2, 0.25) is 0 Å². The van der Waals surface area contributed by atoms with Crippen LogP contribution in [0.4, 0.5) is 0 Å². The van der Waals surface area contributed by atoms with Crippen LogP contribution in [0.3, 0.4) is 0 Å². The Morgan fingerprint density at radius 3 is 1.55 bits per heavy atom. The first-order chi connectivity index (χ1) is 20.3. The number of hydrogen-bond donors (Lipinski definition) is 3. The van der Waals surface area contributed by atoms with E-state index in [2.05, 4.69) is 13.8 Å². The second kappa shape index (κ2) is 30.5. The third-order valence-electron chi connectivity index (χ3n) is 7.29. The molecule has 0 aliphatic rings. The van der Waals surface area contributed by atoms with Crippen molar-refractivity contribution in [2.24, 2.45) is 0 Å². The maximum atomic E-state index is 12.5. The number of esters is 1. The molecule has 0 aliphatic carbocycles. The highest BCUT2D eigenvalue weighted by molar-refractivity contribution is 7.47. The highest BCUT2D eigenvalue weighted by Crippen LogP contribution is 2.43. The molecular formula is C32H65O9P. The van der Waals surface area contributed by atoms with E-state index in [9.17, 15) is 19.4 Å². The van der Waals surface area contributed by atoms with Gasteiger partial charge in [0.15, 0.2) is 0 Å². The molecule has 0 aromatic carbocycles. The molecule has 0 spiro atoms. The Bertz CT molecular complexity index is 635. The summed E-state index contributed by atoms with van der Waals surface area (Å²) in [5, 5.41) is 18.2. The molecule has 0 radical (unpaired) electrons. The normalized spacial score (nSPS) is 14.5. The molecule has 252 valence electrons. The van der Waals surface area contributed by atoms with Gasteiger partial charge in [0.25, 0.3) is 0 Å². The van der Waals surface area contributed by atoms with Crippen molar-refractivity contribution in [2.75, 3.05) is 33.0 Å². The maximum absolute atomic E-state index is 12.5. The van der Waals surface area contributed by atoms with Crippen molar-refractivity contribution in [3.8, 4) is 0 Å². The number of unbranched alkanes of at least 4 members (excludes halogenated alkanes) is 19. The lowest BCUT2D eigenvalue weighted by molar-refractivity contribution is -0.154. The van der Waals surface area contributed by atoms with Crippen LogP contribution in [-0.4, -0.2) is 66.3 Å². The molecule has 0 amide bonds. The fourth-order valence-electron chi connectivity index (χ4n) is 4.65. The molecule has 0 aromatic heterocycles. The molecule has 0 bridgehead atoms. The van der Waals surface area contributed by atoms with Gasteiger partial charge in [-0.2, -0.15) is 0 Å². The molecule has 0 heterocycles. The summed E-state index contributed by atoms with van der Waals surface area (Å²) in [7, 11) is -4.49. The molecule has 9 nitrogen and oxygen atoms in total. The van der Waals surface area contributed by atoms with Crippen LogP contribution < -0.4 is 0 Å². The summed E-state index contributed by atoms with van der Waals surface area (Å²) in [5.41, 5.74) is 0. The quantitative estimate of drug-likeness (QED) is 0.0377. The first-order valence-corrected chi connectivity index (χ1v) is 18.5. The van der Waals surface area contributed by atoms with Gasteiger partial charge in [-0.1, -0.05) is 136 Å². The van der Waals surface area contributed by atoms with E-state index in [1.165, 1.54) is 103 Å². The van der Waals surface area contributed by atoms with Gasteiger partial charge in [0.05, 0.1) is 26.4 Å². The van der Waals surface area contributed by atoms with E-state index >= 15 is 0 Å². The Morgan fingerprint density at radius 1 is 0.643 bits per heavy atom. The molecular weight excluding hydrogens is 559 g/mol. The Hall–Kier alpha value is -0.540. The average molecular weight is 625 g/mol. The van der Waals surface area contributed by atoms with Crippen molar-refractivity contribution in [3.63, 3.8) is 0 Å². The van der Waals surface area contributed by atoms with Crippen molar-refractivity contribution in [1.29, 1.82) is 0 Å². The molecule has 0 aliphatic heterocycles. The number of aliphatic hydroxyl groups is 2. The van der Waals surface area contributed by atoms with Crippen molar-refractivity contribution < 1.29 is 43.0 Å². The highest BCUT2D eigenvalue weighted by Gasteiger charge is 2.26. The lowest BCUT2D eigenvalue weighted by atomic mass is 10.1. The fourth-order valence-corrected chi connectivity index (χ4v) is 5.44. The standard InChI is InChI=1S/C32H65O9P/c1-3-5-7-9-11-13-15-16-18-20-22-24-32(35)41-31(29-40-42(36,37)39-27-30(34)26-33)28-38-25-23-21-19-17-14-12-10-8-6-4-2/h30-31,33-34H,3-29H2,1-2H3,(H,36,37). The molecule has 0 rings (SSSR count).